The number of carboxylic acid groups (broad SMARTS) is 1. The summed E-state index contributed by atoms with van der Waals surface area (Å²) in [5, 5.41) is 18.0. The van der Waals surface area contributed by atoms with Gasteiger partial charge in [-0.05, 0) is 55.8 Å². The molecule has 2 aliphatic carbocycles. The van der Waals surface area contributed by atoms with E-state index in [1.165, 1.54) is 18.4 Å². The lowest BCUT2D eigenvalue weighted by molar-refractivity contribution is -0.137. The van der Waals surface area contributed by atoms with Crippen LogP contribution in [0.1, 0.15) is 45.4 Å². The van der Waals surface area contributed by atoms with Gasteiger partial charge < -0.3 is 10.2 Å². The molecule has 0 aromatic rings. The molecule has 3 nitrogen and oxygen atoms in total. The zero-order chi connectivity index (χ0) is 13.1. The third-order valence-electron chi connectivity index (χ3n) is 4.82. The zero-order valence-electron chi connectivity index (χ0n) is 11.1. The molecular formula is C15H24O3. The number of hydrogen-bond acceptors (Lipinski definition) is 2. The van der Waals surface area contributed by atoms with Crippen molar-refractivity contribution in [3.63, 3.8) is 0 Å². The first-order chi connectivity index (χ1) is 8.61. The van der Waals surface area contributed by atoms with Crippen LogP contribution >= 0.6 is 0 Å². The second kappa shape index (κ2) is 5.87. The Morgan fingerprint density at radius 1 is 1.44 bits per heavy atom. The van der Waals surface area contributed by atoms with Crippen molar-refractivity contribution >= 4 is 5.97 Å². The summed E-state index contributed by atoms with van der Waals surface area (Å²) in [5.41, 5.74) is 1.50. The highest BCUT2D eigenvalue weighted by Gasteiger charge is 2.44. The minimum Gasteiger partial charge on any atom is -0.481 e. The first kappa shape index (κ1) is 13.6. The molecular weight excluding hydrogens is 228 g/mol. The Morgan fingerprint density at radius 2 is 2.22 bits per heavy atom. The first-order valence-corrected chi connectivity index (χ1v) is 7.12. The lowest BCUT2D eigenvalue weighted by Crippen LogP contribution is -2.17. The van der Waals surface area contributed by atoms with Gasteiger partial charge in [-0.1, -0.05) is 18.6 Å². The van der Waals surface area contributed by atoms with Gasteiger partial charge in [0.15, 0.2) is 0 Å². The van der Waals surface area contributed by atoms with Crippen LogP contribution in [0, 0.1) is 23.7 Å². The Bertz CT molecular complexity index is 335. The summed E-state index contributed by atoms with van der Waals surface area (Å²) in [4.78, 5) is 10.4. The molecule has 18 heavy (non-hydrogen) atoms. The predicted octanol–water partition coefficient (Wildman–Crippen LogP) is 2.84. The number of unbranched alkanes of at least 4 members (excludes halogenated alkanes) is 1. The fraction of sp³-hybridized carbons (Fsp3) is 0.800. The molecule has 2 fully saturated rings. The summed E-state index contributed by atoms with van der Waals surface area (Å²) in [7, 11) is 0. The smallest absolute Gasteiger partial charge is 0.303 e. The van der Waals surface area contributed by atoms with Crippen LogP contribution in [0.25, 0.3) is 0 Å². The third-order valence-corrected chi connectivity index (χ3v) is 4.82. The maximum atomic E-state index is 10.4. The molecule has 0 aromatic carbocycles. The van der Waals surface area contributed by atoms with E-state index in [1.54, 1.807) is 0 Å². The number of aliphatic carboxylic acids is 1. The molecule has 2 saturated carbocycles. The van der Waals surface area contributed by atoms with Crippen LogP contribution < -0.4 is 0 Å². The van der Waals surface area contributed by atoms with Crippen molar-refractivity contribution in [1.82, 2.24) is 0 Å². The number of rotatable bonds is 5. The van der Waals surface area contributed by atoms with E-state index in [-0.39, 0.29) is 6.42 Å². The number of carbonyl (C=O) groups is 1. The molecule has 0 saturated heterocycles. The molecule has 2 rings (SSSR count). The molecule has 0 heterocycles. The van der Waals surface area contributed by atoms with Crippen molar-refractivity contribution in [3.8, 4) is 0 Å². The van der Waals surface area contributed by atoms with Crippen molar-refractivity contribution in [2.45, 2.75) is 45.4 Å². The number of aliphatic hydroxyl groups excluding tert-OH is 1. The van der Waals surface area contributed by atoms with Gasteiger partial charge in [-0.15, -0.1) is 0 Å². The average Bonchev–Trinajstić information content (AvgIpc) is 2.80. The van der Waals surface area contributed by atoms with Gasteiger partial charge >= 0.3 is 5.97 Å². The molecule has 102 valence electrons. The van der Waals surface area contributed by atoms with Crippen molar-refractivity contribution in [2.75, 3.05) is 6.61 Å². The van der Waals surface area contributed by atoms with E-state index in [1.807, 2.05) is 0 Å². The third kappa shape index (κ3) is 2.94. The lowest BCUT2D eigenvalue weighted by Gasteiger charge is -2.18. The molecule has 4 atom stereocenters. The second-order valence-corrected chi connectivity index (χ2v) is 6.04. The second-order valence-electron chi connectivity index (χ2n) is 6.04. The van der Waals surface area contributed by atoms with Gasteiger partial charge in [0.05, 0.1) is 0 Å². The Labute approximate surface area is 109 Å². The Morgan fingerprint density at radius 3 is 2.89 bits per heavy atom. The molecule has 2 aliphatic rings. The highest BCUT2D eigenvalue weighted by atomic mass is 16.4. The monoisotopic (exact) mass is 252 g/mol. The number of hydrogen-bond donors (Lipinski definition) is 2. The average molecular weight is 252 g/mol. The lowest BCUT2D eigenvalue weighted by atomic mass is 9.89. The normalized spacial score (nSPS) is 37.1. The minimum absolute atomic E-state index is 0.271. The Hall–Kier alpha value is -0.830. The van der Waals surface area contributed by atoms with Crippen LogP contribution in [-0.2, 0) is 4.79 Å². The van der Waals surface area contributed by atoms with E-state index in [0.29, 0.717) is 24.4 Å². The summed E-state index contributed by atoms with van der Waals surface area (Å²) in [5.74, 6) is 1.89. The Balaban J connectivity index is 1.82. The fourth-order valence-corrected chi connectivity index (χ4v) is 3.92. The van der Waals surface area contributed by atoms with Gasteiger partial charge in [-0.25, -0.2) is 0 Å². The summed E-state index contributed by atoms with van der Waals surface area (Å²) in [6.45, 7) is 2.59. The van der Waals surface area contributed by atoms with Gasteiger partial charge in [-0.3, -0.25) is 4.79 Å². The SMILES string of the molecule is C[C@@H]1C[C@@H]2C/C(=C/CCCC(=O)O)C[C@@H]2[C@H]1CO. The van der Waals surface area contributed by atoms with Gasteiger partial charge in [0.25, 0.3) is 0 Å². The van der Waals surface area contributed by atoms with E-state index < -0.39 is 5.97 Å². The molecule has 0 radical (unpaired) electrons. The molecule has 3 heteroatoms. The van der Waals surface area contributed by atoms with Gasteiger partial charge in [-0.2, -0.15) is 0 Å². The van der Waals surface area contributed by atoms with Crippen LogP contribution in [-0.4, -0.2) is 22.8 Å². The maximum Gasteiger partial charge on any atom is 0.303 e. The molecule has 0 amide bonds. The van der Waals surface area contributed by atoms with Crippen molar-refractivity contribution in [3.05, 3.63) is 11.6 Å². The van der Waals surface area contributed by atoms with Gasteiger partial charge in [0.2, 0.25) is 0 Å². The van der Waals surface area contributed by atoms with Crippen molar-refractivity contribution < 1.29 is 15.0 Å². The molecule has 0 bridgehead atoms. The van der Waals surface area contributed by atoms with Crippen LogP contribution in [0.2, 0.25) is 0 Å². The minimum atomic E-state index is -0.703. The van der Waals surface area contributed by atoms with E-state index in [2.05, 4.69) is 13.0 Å². The summed E-state index contributed by atoms with van der Waals surface area (Å²) in [6, 6.07) is 0. The quantitative estimate of drug-likeness (QED) is 0.584. The van der Waals surface area contributed by atoms with Gasteiger partial charge in [0.1, 0.15) is 0 Å². The van der Waals surface area contributed by atoms with Gasteiger partial charge in [0, 0.05) is 13.0 Å². The van der Waals surface area contributed by atoms with E-state index >= 15 is 0 Å². The number of aliphatic hydroxyl groups is 1. The summed E-state index contributed by atoms with van der Waals surface area (Å²) >= 11 is 0. The summed E-state index contributed by atoms with van der Waals surface area (Å²) < 4.78 is 0. The predicted molar refractivity (Wildman–Crippen MR) is 70.1 cm³/mol. The zero-order valence-corrected chi connectivity index (χ0v) is 11.1. The highest BCUT2D eigenvalue weighted by Crippen LogP contribution is 2.52. The molecule has 2 N–H and O–H groups in total. The maximum absolute atomic E-state index is 10.4. The van der Waals surface area contributed by atoms with Crippen LogP contribution in [0.4, 0.5) is 0 Å². The number of carboxylic acids is 1. The van der Waals surface area contributed by atoms with Crippen LogP contribution in [0.15, 0.2) is 11.6 Å². The molecule has 0 unspecified atom stereocenters. The molecule has 0 aliphatic heterocycles. The highest BCUT2D eigenvalue weighted by molar-refractivity contribution is 5.66. The van der Waals surface area contributed by atoms with Crippen molar-refractivity contribution in [1.29, 1.82) is 0 Å². The Kier molecular flexibility index (Phi) is 4.44. The van der Waals surface area contributed by atoms with Crippen molar-refractivity contribution in [2.24, 2.45) is 23.7 Å². The van der Waals surface area contributed by atoms with Crippen LogP contribution in [0.5, 0.6) is 0 Å². The topological polar surface area (TPSA) is 57.5 Å². The number of allylic oxidation sites excluding steroid dienone is 2. The van der Waals surface area contributed by atoms with E-state index in [9.17, 15) is 9.90 Å². The molecule has 0 aromatic heterocycles. The number of fused-ring (bicyclic) bond motifs is 1. The molecule has 0 spiro atoms. The largest absolute Gasteiger partial charge is 0.481 e. The van der Waals surface area contributed by atoms with Crippen LogP contribution in [0.3, 0.4) is 0 Å². The summed E-state index contributed by atoms with van der Waals surface area (Å²) in [6.07, 6.45) is 7.72. The fourth-order valence-electron chi connectivity index (χ4n) is 3.92. The van der Waals surface area contributed by atoms with E-state index in [4.69, 9.17) is 5.11 Å². The standard InChI is InChI=1S/C15H24O3/c1-10-6-12-7-11(4-2-3-5-15(17)18)8-13(12)14(10)9-16/h4,10,12-14,16H,2-3,5-9H2,1H3,(H,17,18)/b11-4-/t10-,12-,13+,14+/m1/s1. The van der Waals surface area contributed by atoms with E-state index in [0.717, 1.165) is 25.2 Å². The first-order valence-electron chi connectivity index (χ1n) is 7.12.